The molecule has 3 rings (SSSR count). The van der Waals surface area contributed by atoms with E-state index in [1.807, 2.05) is 24.4 Å². The monoisotopic (exact) mass is 405 g/mol. The van der Waals surface area contributed by atoms with E-state index < -0.39 is 18.0 Å². The molecular weight excluding hydrogens is 378 g/mol. The minimum atomic E-state index is -1.51. The fourth-order valence-corrected chi connectivity index (χ4v) is 2.57. The van der Waals surface area contributed by atoms with Crippen LogP contribution in [0, 0.1) is 18.8 Å². The number of nitrogens with zero attached hydrogens (tertiary/aromatic N) is 2. The number of oxime groups is 1. The molecule has 1 heterocycles. The van der Waals surface area contributed by atoms with Crippen LogP contribution in [0.1, 0.15) is 31.2 Å². The van der Waals surface area contributed by atoms with Gasteiger partial charge < -0.3 is 25.0 Å². The zero-order valence-corrected chi connectivity index (χ0v) is 16.4. The van der Waals surface area contributed by atoms with Gasteiger partial charge in [0.1, 0.15) is 19.3 Å². The van der Waals surface area contributed by atoms with Crippen LogP contribution in [0.5, 0.6) is 0 Å². The van der Waals surface area contributed by atoms with E-state index in [0.29, 0.717) is 30.5 Å². The molecular formula is C20H27N3O6. The maximum absolute atomic E-state index is 9.95. The number of aliphatic hydroxyl groups is 1. The van der Waals surface area contributed by atoms with Gasteiger partial charge in [0.25, 0.3) is 0 Å². The summed E-state index contributed by atoms with van der Waals surface area (Å²) in [7, 11) is 0. The minimum Gasteiger partial charge on any atom is -0.545 e. The van der Waals surface area contributed by atoms with Crippen LogP contribution in [0.4, 0.5) is 5.82 Å². The Bertz CT molecular complexity index is 726. The van der Waals surface area contributed by atoms with Crippen LogP contribution < -0.4 is 10.4 Å². The predicted octanol–water partition coefficient (Wildman–Crippen LogP) is -0.484. The first-order valence-electron chi connectivity index (χ1n) is 9.60. The second kappa shape index (κ2) is 11.3. The lowest BCUT2D eigenvalue weighted by atomic mass is 10.2. The second-order valence-corrected chi connectivity index (χ2v) is 7.20. The van der Waals surface area contributed by atoms with Gasteiger partial charge in [0.15, 0.2) is 0 Å². The van der Waals surface area contributed by atoms with Crippen molar-refractivity contribution >= 4 is 23.5 Å². The summed E-state index contributed by atoms with van der Waals surface area (Å²) in [5, 5.41) is 33.4. The van der Waals surface area contributed by atoms with Gasteiger partial charge in [-0.2, -0.15) is 0 Å². The third-order valence-corrected chi connectivity index (χ3v) is 4.33. The number of hydrogen-bond donors (Lipinski definition) is 3. The molecule has 0 spiro atoms. The quantitative estimate of drug-likeness (QED) is 0.270. The summed E-state index contributed by atoms with van der Waals surface area (Å²) in [5.74, 6) is -0.578. The lowest BCUT2D eigenvalue weighted by Gasteiger charge is -2.09. The summed E-state index contributed by atoms with van der Waals surface area (Å²) in [4.78, 5) is 28.6. The molecule has 2 aliphatic rings. The normalized spacial score (nSPS) is 16.5. The SMILES string of the molecule is Cc1ccnc([NH2+]CC(O)CON=C(C2CC2)C2CC2)c1.O=C([O-])/C=C\C(=O)O. The zero-order valence-electron chi connectivity index (χ0n) is 16.4. The number of carbonyl (C=O) groups excluding carboxylic acids is 1. The topological polar surface area (TPSA) is 149 Å². The minimum absolute atomic E-state index is 0.255. The Kier molecular flexibility index (Phi) is 8.75. The van der Waals surface area contributed by atoms with Crippen molar-refractivity contribution in [2.75, 3.05) is 13.2 Å². The van der Waals surface area contributed by atoms with E-state index in [1.165, 1.54) is 37.0 Å². The number of aliphatic carboxylic acids is 2. The Morgan fingerprint density at radius 1 is 1.34 bits per heavy atom. The van der Waals surface area contributed by atoms with Gasteiger partial charge >= 0.3 is 5.97 Å². The van der Waals surface area contributed by atoms with Crippen LogP contribution in [0.15, 0.2) is 35.6 Å². The molecule has 1 atom stereocenters. The molecule has 158 valence electrons. The van der Waals surface area contributed by atoms with Gasteiger partial charge in [-0.05, 0) is 50.3 Å². The van der Waals surface area contributed by atoms with Crippen LogP contribution in [0.25, 0.3) is 0 Å². The number of aryl methyl sites for hydroxylation is 1. The molecule has 0 saturated heterocycles. The standard InChI is InChI=1S/C16H23N3O2.C4H4O4/c1-11-6-7-17-15(8-11)18-9-14(20)10-21-19-16(12-2-3-12)13-4-5-13;5-3(6)1-2-4(7)8/h6-8,12-14,20H,2-5,9-10H2,1H3,(H,17,18);1-2H,(H,5,6)(H,7,8)/b;2-1-. The number of pyridine rings is 1. The molecule has 0 aromatic carbocycles. The van der Waals surface area contributed by atoms with Crippen molar-refractivity contribution in [3.8, 4) is 0 Å². The van der Waals surface area contributed by atoms with Gasteiger partial charge in [-0.15, -0.1) is 0 Å². The number of carbonyl (C=O) groups is 2. The summed E-state index contributed by atoms with van der Waals surface area (Å²) in [6, 6.07) is 3.97. The van der Waals surface area contributed by atoms with E-state index >= 15 is 0 Å². The fourth-order valence-electron chi connectivity index (χ4n) is 2.57. The second-order valence-electron chi connectivity index (χ2n) is 7.20. The Morgan fingerprint density at radius 2 is 2.00 bits per heavy atom. The van der Waals surface area contributed by atoms with Crippen molar-refractivity contribution in [2.45, 2.75) is 38.7 Å². The molecule has 0 aliphatic heterocycles. The maximum Gasteiger partial charge on any atom is 0.328 e. The summed E-state index contributed by atoms with van der Waals surface area (Å²) < 4.78 is 0. The summed E-state index contributed by atoms with van der Waals surface area (Å²) in [6.45, 7) is 2.82. The van der Waals surface area contributed by atoms with Crippen molar-refractivity contribution in [1.82, 2.24) is 4.98 Å². The number of quaternary nitrogens is 1. The molecule has 0 amide bonds. The van der Waals surface area contributed by atoms with Gasteiger partial charge in [-0.1, -0.05) is 5.16 Å². The smallest absolute Gasteiger partial charge is 0.328 e. The van der Waals surface area contributed by atoms with Crippen molar-refractivity contribution in [3.05, 3.63) is 36.0 Å². The Labute approximate surface area is 169 Å². The number of carboxylic acid groups (broad SMARTS) is 2. The molecule has 9 heteroatoms. The Balaban J connectivity index is 0.000000321. The predicted molar refractivity (Wildman–Crippen MR) is 102 cm³/mol. The summed E-state index contributed by atoms with van der Waals surface area (Å²) in [6.07, 6.45) is 7.23. The van der Waals surface area contributed by atoms with Crippen molar-refractivity contribution < 1.29 is 35.1 Å². The van der Waals surface area contributed by atoms with Gasteiger partial charge in [0.2, 0.25) is 5.82 Å². The molecule has 1 unspecified atom stereocenters. The third kappa shape index (κ3) is 9.82. The van der Waals surface area contributed by atoms with Crippen LogP contribution in [0.3, 0.4) is 0 Å². The lowest BCUT2D eigenvalue weighted by Crippen LogP contribution is -2.81. The average Bonchev–Trinajstić information content (AvgIpc) is 3.56. The van der Waals surface area contributed by atoms with Gasteiger partial charge in [-0.3, -0.25) is 5.32 Å². The van der Waals surface area contributed by atoms with Crippen molar-refractivity contribution in [3.63, 3.8) is 0 Å². The zero-order chi connectivity index (χ0) is 21.2. The van der Waals surface area contributed by atoms with E-state index in [4.69, 9.17) is 9.94 Å². The number of carboxylic acids is 2. The van der Waals surface area contributed by atoms with Crippen LogP contribution in [-0.4, -0.2) is 52.1 Å². The first-order chi connectivity index (χ1) is 13.8. The van der Waals surface area contributed by atoms with E-state index in [9.17, 15) is 19.8 Å². The summed E-state index contributed by atoms with van der Waals surface area (Å²) in [5.41, 5.74) is 2.41. The number of nitrogens with two attached hydrogens (primary N) is 1. The fraction of sp³-hybridized carbons (Fsp3) is 0.500. The van der Waals surface area contributed by atoms with Crippen LogP contribution in [-0.2, 0) is 14.4 Å². The molecule has 0 bridgehead atoms. The highest BCUT2D eigenvalue weighted by Crippen LogP contribution is 2.42. The van der Waals surface area contributed by atoms with Crippen LogP contribution >= 0.6 is 0 Å². The number of rotatable bonds is 10. The molecule has 2 fully saturated rings. The van der Waals surface area contributed by atoms with Crippen molar-refractivity contribution in [1.29, 1.82) is 0 Å². The lowest BCUT2D eigenvalue weighted by molar-refractivity contribution is -0.583. The molecule has 2 aliphatic carbocycles. The first-order valence-corrected chi connectivity index (χ1v) is 9.60. The van der Waals surface area contributed by atoms with E-state index in [0.717, 1.165) is 5.82 Å². The molecule has 2 saturated carbocycles. The highest BCUT2D eigenvalue weighted by atomic mass is 16.6. The average molecular weight is 405 g/mol. The van der Waals surface area contributed by atoms with Gasteiger partial charge in [0.05, 0.1) is 11.7 Å². The Hall–Kier alpha value is -2.78. The molecule has 9 nitrogen and oxygen atoms in total. The highest BCUT2D eigenvalue weighted by Gasteiger charge is 2.38. The number of hydrogen-bond acceptors (Lipinski definition) is 7. The van der Waals surface area contributed by atoms with Crippen LogP contribution in [0.2, 0.25) is 0 Å². The molecule has 1 aromatic rings. The third-order valence-electron chi connectivity index (χ3n) is 4.33. The van der Waals surface area contributed by atoms with E-state index in [1.54, 1.807) is 6.20 Å². The van der Waals surface area contributed by atoms with Gasteiger partial charge in [-0.25, -0.2) is 9.78 Å². The molecule has 0 radical (unpaired) electrons. The van der Waals surface area contributed by atoms with Gasteiger partial charge in [0, 0.05) is 30.2 Å². The molecule has 4 N–H and O–H groups in total. The number of aromatic nitrogens is 1. The highest BCUT2D eigenvalue weighted by molar-refractivity contribution is 5.92. The molecule has 1 aromatic heterocycles. The Morgan fingerprint density at radius 3 is 2.48 bits per heavy atom. The summed E-state index contributed by atoms with van der Waals surface area (Å²) >= 11 is 0. The maximum atomic E-state index is 9.95. The number of aliphatic hydroxyl groups excluding tert-OH is 1. The van der Waals surface area contributed by atoms with E-state index in [2.05, 4.69) is 10.1 Å². The first kappa shape index (κ1) is 22.5. The van der Waals surface area contributed by atoms with E-state index in [-0.39, 0.29) is 6.61 Å². The largest absolute Gasteiger partial charge is 0.545 e. The van der Waals surface area contributed by atoms with Crippen molar-refractivity contribution in [2.24, 2.45) is 17.0 Å². The molecule has 29 heavy (non-hydrogen) atoms.